The van der Waals surface area contributed by atoms with E-state index in [1.54, 1.807) is 0 Å². The maximum atomic E-state index is 7.01. The highest BCUT2D eigenvalue weighted by molar-refractivity contribution is 6.22. The van der Waals surface area contributed by atoms with Crippen LogP contribution in [0.5, 0.6) is 0 Å². The maximum Gasteiger partial charge on any atom is 0.144 e. The van der Waals surface area contributed by atoms with E-state index in [-0.39, 0.29) is 16.2 Å². The van der Waals surface area contributed by atoms with E-state index in [9.17, 15) is 0 Å². The van der Waals surface area contributed by atoms with Crippen LogP contribution in [0.4, 0.5) is 17.1 Å². The molecule has 0 unspecified atom stereocenters. The van der Waals surface area contributed by atoms with Gasteiger partial charge in [0.15, 0.2) is 0 Å². The summed E-state index contributed by atoms with van der Waals surface area (Å²) in [6, 6.07) is 64.7. The van der Waals surface area contributed by atoms with Crippen molar-refractivity contribution in [2.45, 2.75) is 71.6 Å². The van der Waals surface area contributed by atoms with Gasteiger partial charge in [-0.25, -0.2) is 0 Å². The molecule has 0 radical (unpaired) electrons. The SMILES string of the molecule is Cc1cccc(C)c1N(c1ccc2c(c1)C(C)(C)c1cc(-c3ccc4oc5ccccc5c4c3)c3oc4ccccc4c3c1-2)c1ccc2c(c1)C(C)(C)c1c3c(c4oc5ccccc5c4c1-2)-c1ccccc1C3(C)C. The summed E-state index contributed by atoms with van der Waals surface area (Å²) in [5.41, 5.74) is 28.4. The Balaban J connectivity index is 0.907. The van der Waals surface area contributed by atoms with Gasteiger partial charge in [0, 0.05) is 71.1 Å². The first-order valence-electron chi connectivity index (χ1n) is 26.5. The molecule has 0 saturated heterocycles. The second-order valence-electron chi connectivity index (χ2n) is 23.2. The molecule has 0 spiro atoms. The van der Waals surface area contributed by atoms with Gasteiger partial charge in [0.05, 0.1) is 5.69 Å². The van der Waals surface area contributed by atoms with Gasteiger partial charge in [-0.3, -0.25) is 0 Å². The normalized spacial score (nSPS) is 15.3. The molecule has 0 bridgehead atoms. The van der Waals surface area contributed by atoms with Crippen LogP contribution in [0.2, 0.25) is 0 Å². The number of nitrogens with zero attached hydrogens (tertiary/aromatic N) is 1. The minimum atomic E-state index is -0.355. The molecule has 0 fully saturated rings. The van der Waals surface area contributed by atoms with E-state index in [1.165, 1.54) is 99.7 Å². The van der Waals surface area contributed by atoms with Gasteiger partial charge in [-0.15, -0.1) is 0 Å². The van der Waals surface area contributed by atoms with E-state index < -0.39 is 0 Å². The molecule has 4 heteroatoms. The first-order chi connectivity index (χ1) is 36.3. The first-order valence-corrected chi connectivity index (χ1v) is 26.5. The summed E-state index contributed by atoms with van der Waals surface area (Å²) in [5, 5.41) is 6.90. The summed E-state index contributed by atoms with van der Waals surface area (Å²) < 4.78 is 20.3. The Bertz CT molecular complexity index is 4700. The maximum absolute atomic E-state index is 7.01. The number of para-hydroxylation sites is 4. The summed E-state index contributed by atoms with van der Waals surface area (Å²) in [6.07, 6.45) is 0. The lowest BCUT2D eigenvalue weighted by Crippen LogP contribution is -2.24. The molecule has 0 atom stereocenters. The van der Waals surface area contributed by atoms with Crippen LogP contribution in [0.15, 0.2) is 189 Å². The number of hydrogen-bond acceptors (Lipinski definition) is 4. The Hall–Kier alpha value is -8.60. The zero-order valence-electron chi connectivity index (χ0n) is 43.4. The number of hydrogen-bond donors (Lipinski definition) is 0. The van der Waals surface area contributed by atoms with E-state index >= 15 is 0 Å². The predicted octanol–water partition coefficient (Wildman–Crippen LogP) is 20.1. The Labute approximate surface area is 435 Å². The van der Waals surface area contributed by atoms with E-state index in [0.29, 0.717) is 0 Å². The standard InChI is InChI=1S/C71H53NO3/c1-38-18-17-19-39(2)66(38)72(42-30-32-46-53(36-42)71(7,8)64-60(46)62-48-23-12-16-27-57(48)75-68(62)63-44-21-9-13-24-51(44)70(5,6)65(63)64)41-29-31-45-52(35-41)69(3,4)54-37-49(67-61(59(45)54)47-22-11-15-26-56(47)74-67)40-28-33-58-50(34-40)43-20-10-14-25-55(43)73-58/h9-37H,1-8H3. The van der Waals surface area contributed by atoms with Gasteiger partial charge in [0.1, 0.15) is 33.5 Å². The highest BCUT2D eigenvalue weighted by Crippen LogP contribution is 2.64. The van der Waals surface area contributed by atoms with E-state index in [2.05, 4.69) is 224 Å². The fraction of sp³-hybridized carbons (Fsp3) is 0.155. The largest absolute Gasteiger partial charge is 0.456 e. The monoisotopic (exact) mass is 967 g/mol. The minimum absolute atomic E-state index is 0.234. The molecule has 16 rings (SSSR count). The number of rotatable bonds is 4. The molecule has 3 heterocycles. The van der Waals surface area contributed by atoms with E-state index in [1.807, 2.05) is 12.1 Å². The lowest BCUT2D eigenvalue weighted by molar-refractivity contribution is 0.600. The van der Waals surface area contributed by atoms with Crippen molar-refractivity contribution in [1.29, 1.82) is 0 Å². The Morgan fingerprint density at radius 1 is 0.347 bits per heavy atom. The van der Waals surface area contributed by atoms with E-state index in [4.69, 9.17) is 13.3 Å². The molecule has 13 aromatic rings. The van der Waals surface area contributed by atoms with Crippen molar-refractivity contribution in [1.82, 2.24) is 0 Å². The molecule has 3 aliphatic carbocycles. The average Bonchev–Trinajstić information content (AvgIpc) is 4.27. The number of aryl methyl sites for hydroxylation is 2. The Morgan fingerprint density at radius 2 is 0.867 bits per heavy atom. The van der Waals surface area contributed by atoms with Crippen LogP contribution in [0.25, 0.3) is 110 Å². The quantitative estimate of drug-likeness (QED) is 0.176. The van der Waals surface area contributed by atoms with Crippen LogP contribution in [0.1, 0.15) is 86.1 Å². The van der Waals surface area contributed by atoms with Crippen molar-refractivity contribution >= 4 is 82.9 Å². The fourth-order valence-electron chi connectivity index (χ4n) is 14.6. The van der Waals surface area contributed by atoms with Crippen molar-refractivity contribution in [2.75, 3.05) is 4.90 Å². The van der Waals surface area contributed by atoms with Crippen molar-refractivity contribution in [2.24, 2.45) is 0 Å². The number of benzene rings is 10. The van der Waals surface area contributed by atoms with Gasteiger partial charge in [0.25, 0.3) is 0 Å². The van der Waals surface area contributed by atoms with Crippen LogP contribution >= 0.6 is 0 Å². The Kier molecular flexibility index (Phi) is 8.21. The zero-order chi connectivity index (χ0) is 50.6. The zero-order valence-corrected chi connectivity index (χ0v) is 43.4. The molecule has 10 aromatic carbocycles. The molecule has 75 heavy (non-hydrogen) atoms. The fourth-order valence-corrected chi connectivity index (χ4v) is 14.6. The predicted molar refractivity (Wildman–Crippen MR) is 311 cm³/mol. The Morgan fingerprint density at radius 3 is 1.56 bits per heavy atom. The lowest BCUT2D eigenvalue weighted by atomic mass is 9.72. The van der Waals surface area contributed by atoms with E-state index in [0.717, 1.165) is 72.2 Å². The van der Waals surface area contributed by atoms with Crippen LogP contribution in [-0.2, 0) is 16.2 Å². The minimum Gasteiger partial charge on any atom is -0.456 e. The topological polar surface area (TPSA) is 42.7 Å². The van der Waals surface area contributed by atoms with Crippen LogP contribution < -0.4 is 4.90 Å². The van der Waals surface area contributed by atoms with Crippen LogP contribution in [0, 0.1) is 13.8 Å². The third-order valence-electron chi connectivity index (χ3n) is 18.0. The molecule has 4 nitrogen and oxygen atoms in total. The van der Waals surface area contributed by atoms with Crippen molar-refractivity contribution < 1.29 is 13.3 Å². The molecule has 360 valence electrons. The van der Waals surface area contributed by atoms with Gasteiger partial charge in [-0.2, -0.15) is 0 Å². The molecule has 0 amide bonds. The smallest absolute Gasteiger partial charge is 0.144 e. The summed E-state index contributed by atoms with van der Waals surface area (Å²) in [5.74, 6) is 0. The van der Waals surface area contributed by atoms with Crippen molar-refractivity contribution in [3.8, 4) is 44.5 Å². The number of furan rings is 3. The second kappa shape index (κ2) is 14.4. The van der Waals surface area contributed by atoms with Gasteiger partial charge in [-0.1, -0.05) is 157 Å². The van der Waals surface area contributed by atoms with Crippen molar-refractivity contribution in [3.05, 3.63) is 220 Å². The van der Waals surface area contributed by atoms with Gasteiger partial charge >= 0.3 is 0 Å². The first kappa shape index (κ1) is 42.9. The highest BCUT2D eigenvalue weighted by atomic mass is 16.3. The summed E-state index contributed by atoms with van der Waals surface area (Å²) in [4.78, 5) is 2.54. The van der Waals surface area contributed by atoms with Gasteiger partial charge in [0.2, 0.25) is 0 Å². The summed E-state index contributed by atoms with van der Waals surface area (Å²) >= 11 is 0. The lowest BCUT2D eigenvalue weighted by Gasteiger charge is -2.32. The molecule has 0 saturated carbocycles. The van der Waals surface area contributed by atoms with Crippen LogP contribution in [0.3, 0.4) is 0 Å². The molecular formula is C71H53NO3. The number of fused-ring (bicyclic) bond motifs is 22. The molecular weight excluding hydrogens is 915 g/mol. The molecule has 3 aliphatic rings. The third kappa shape index (κ3) is 5.41. The molecule has 0 N–H and O–H groups in total. The number of anilines is 3. The van der Waals surface area contributed by atoms with Crippen LogP contribution in [-0.4, -0.2) is 0 Å². The average molecular weight is 968 g/mol. The van der Waals surface area contributed by atoms with Crippen molar-refractivity contribution in [3.63, 3.8) is 0 Å². The highest BCUT2D eigenvalue weighted by Gasteiger charge is 2.49. The van der Waals surface area contributed by atoms with Gasteiger partial charge in [-0.05, 0) is 152 Å². The van der Waals surface area contributed by atoms with Gasteiger partial charge < -0.3 is 18.2 Å². The molecule has 3 aromatic heterocycles. The summed E-state index contributed by atoms with van der Waals surface area (Å²) in [7, 11) is 0. The third-order valence-corrected chi connectivity index (χ3v) is 18.0. The summed E-state index contributed by atoms with van der Waals surface area (Å²) in [6.45, 7) is 19.1. The molecule has 0 aliphatic heterocycles. The second-order valence-corrected chi connectivity index (χ2v) is 23.2.